The van der Waals surface area contributed by atoms with Gasteiger partial charge in [0.1, 0.15) is 0 Å². The predicted octanol–water partition coefficient (Wildman–Crippen LogP) is 5.10. The normalized spacial score (nSPS) is 20.5. The van der Waals surface area contributed by atoms with Crippen molar-refractivity contribution < 1.29 is 0 Å². The Balaban J connectivity index is 2.18. The molecule has 0 aromatic heterocycles. The first-order valence-corrected chi connectivity index (χ1v) is 6.91. The second kappa shape index (κ2) is 5.53. The molecule has 1 aliphatic rings. The van der Waals surface area contributed by atoms with Gasteiger partial charge in [-0.15, -0.1) is 0 Å². The molecular formula is C17H24. The highest BCUT2D eigenvalue weighted by molar-refractivity contribution is 5.31. The van der Waals surface area contributed by atoms with Gasteiger partial charge in [0.2, 0.25) is 0 Å². The topological polar surface area (TPSA) is 0 Å². The van der Waals surface area contributed by atoms with Crippen molar-refractivity contribution in [2.24, 2.45) is 5.92 Å². The summed E-state index contributed by atoms with van der Waals surface area (Å²) in [6.07, 6.45) is 7.63. The lowest BCUT2D eigenvalue weighted by atomic mass is 9.85. The molecular weight excluding hydrogens is 204 g/mol. The lowest BCUT2D eigenvalue weighted by Gasteiger charge is -2.20. The minimum absolute atomic E-state index is 0.663. The average Bonchev–Trinajstić information content (AvgIpc) is 2.28. The SMILES string of the molecule is CC1=CC(c2cccc(CC(C)C)c2)CCC1. The predicted molar refractivity (Wildman–Crippen MR) is 75.3 cm³/mol. The van der Waals surface area contributed by atoms with Crippen molar-refractivity contribution in [1.29, 1.82) is 0 Å². The maximum absolute atomic E-state index is 2.47. The van der Waals surface area contributed by atoms with Crippen LogP contribution < -0.4 is 0 Å². The minimum Gasteiger partial charge on any atom is -0.0781 e. The molecule has 0 bridgehead atoms. The Morgan fingerprint density at radius 3 is 2.82 bits per heavy atom. The molecule has 0 saturated carbocycles. The van der Waals surface area contributed by atoms with E-state index in [9.17, 15) is 0 Å². The van der Waals surface area contributed by atoms with Crippen LogP contribution >= 0.6 is 0 Å². The first-order chi connectivity index (χ1) is 8.15. The van der Waals surface area contributed by atoms with Crippen LogP contribution in [-0.2, 0) is 6.42 Å². The molecule has 0 saturated heterocycles. The summed E-state index contributed by atoms with van der Waals surface area (Å²) in [5, 5.41) is 0. The summed E-state index contributed by atoms with van der Waals surface area (Å²) in [4.78, 5) is 0. The highest BCUT2D eigenvalue weighted by Gasteiger charge is 2.13. The number of benzene rings is 1. The Morgan fingerprint density at radius 2 is 2.12 bits per heavy atom. The van der Waals surface area contributed by atoms with E-state index >= 15 is 0 Å². The fraction of sp³-hybridized carbons (Fsp3) is 0.529. The molecule has 0 heterocycles. The van der Waals surface area contributed by atoms with Crippen LogP contribution in [0.5, 0.6) is 0 Å². The van der Waals surface area contributed by atoms with Gasteiger partial charge in [0.25, 0.3) is 0 Å². The molecule has 0 nitrogen and oxygen atoms in total. The van der Waals surface area contributed by atoms with Gasteiger partial charge < -0.3 is 0 Å². The first kappa shape index (κ1) is 12.4. The van der Waals surface area contributed by atoms with Gasteiger partial charge >= 0.3 is 0 Å². The molecule has 0 N–H and O–H groups in total. The van der Waals surface area contributed by atoms with Crippen molar-refractivity contribution in [1.82, 2.24) is 0 Å². The molecule has 0 heteroatoms. The number of hydrogen-bond donors (Lipinski definition) is 0. The molecule has 92 valence electrons. The van der Waals surface area contributed by atoms with Gasteiger partial charge in [-0.3, -0.25) is 0 Å². The molecule has 0 spiro atoms. The van der Waals surface area contributed by atoms with Crippen LogP contribution in [0.25, 0.3) is 0 Å². The Kier molecular flexibility index (Phi) is 4.04. The second-order valence-corrected chi connectivity index (χ2v) is 5.85. The van der Waals surface area contributed by atoms with Gasteiger partial charge in [0.05, 0.1) is 0 Å². The molecule has 1 atom stereocenters. The van der Waals surface area contributed by atoms with Gasteiger partial charge in [-0.25, -0.2) is 0 Å². The van der Waals surface area contributed by atoms with E-state index in [1.807, 2.05) is 0 Å². The maximum Gasteiger partial charge on any atom is 0.00207 e. The van der Waals surface area contributed by atoms with E-state index in [1.165, 1.54) is 36.8 Å². The highest BCUT2D eigenvalue weighted by atomic mass is 14.2. The van der Waals surface area contributed by atoms with Crippen molar-refractivity contribution in [3.05, 3.63) is 47.0 Å². The van der Waals surface area contributed by atoms with Crippen molar-refractivity contribution in [3.8, 4) is 0 Å². The summed E-state index contributed by atoms with van der Waals surface area (Å²) in [6.45, 7) is 6.85. The molecule has 1 aromatic carbocycles. The standard InChI is InChI=1S/C17H24/c1-13(2)10-15-7-5-9-17(12-15)16-8-4-6-14(3)11-16/h5,7,9,11-13,16H,4,6,8,10H2,1-3H3. The van der Waals surface area contributed by atoms with E-state index in [1.54, 1.807) is 5.57 Å². The van der Waals surface area contributed by atoms with Crippen molar-refractivity contribution >= 4 is 0 Å². The molecule has 2 rings (SSSR count). The number of allylic oxidation sites excluding steroid dienone is 2. The zero-order valence-corrected chi connectivity index (χ0v) is 11.4. The molecule has 0 radical (unpaired) electrons. The lowest BCUT2D eigenvalue weighted by Crippen LogP contribution is -2.03. The fourth-order valence-electron chi connectivity index (χ4n) is 2.80. The summed E-state index contributed by atoms with van der Waals surface area (Å²) in [7, 11) is 0. The van der Waals surface area contributed by atoms with E-state index in [0.29, 0.717) is 5.92 Å². The lowest BCUT2D eigenvalue weighted by molar-refractivity contribution is 0.627. The molecule has 1 aliphatic carbocycles. The minimum atomic E-state index is 0.663. The Morgan fingerprint density at radius 1 is 1.29 bits per heavy atom. The Bertz CT molecular complexity index is 398. The molecule has 0 aliphatic heterocycles. The Hall–Kier alpha value is -1.04. The third kappa shape index (κ3) is 3.46. The zero-order valence-electron chi connectivity index (χ0n) is 11.4. The summed E-state index contributed by atoms with van der Waals surface area (Å²) in [5.41, 5.74) is 4.58. The third-order valence-corrected chi connectivity index (χ3v) is 3.60. The monoisotopic (exact) mass is 228 g/mol. The van der Waals surface area contributed by atoms with Crippen LogP contribution in [0.1, 0.15) is 57.1 Å². The summed E-state index contributed by atoms with van der Waals surface area (Å²) >= 11 is 0. The highest BCUT2D eigenvalue weighted by Crippen LogP contribution is 2.31. The van der Waals surface area contributed by atoms with Crippen LogP contribution in [0.4, 0.5) is 0 Å². The van der Waals surface area contributed by atoms with Crippen LogP contribution in [0, 0.1) is 5.92 Å². The van der Waals surface area contributed by atoms with E-state index in [2.05, 4.69) is 51.1 Å². The third-order valence-electron chi connectivity index (χ3n) is 3.60. The van der Waals surface area contributed by atoms with Gasteiger partial charge in [-0.2, -0.15) is 0 Å². The van der Waals surface area contributed by atoms with E-state index < -0.39 is 0 Å². The maximum atomic E-state index is 2.47. The second-order valence-electron chi connectivity index (χ2n) is 5.85. The summed E-state index contributed by atoms with van der Waals surface area (Å²) in [6, 6.07) is 9.21. The van der Waals surface area contributed by atoms with Gasteiger partial charge in [0, 0.05) is 5.92 Å². The van der Waals surface area contributed by atoms with Crippen LogP contribution in [-0.4, -0.2) is 0 Å². The van der Waals surface area contributed by atoms with Gasteiger partial charge in [-0.05, 0) is 49.7 Å². The quantitative estimate of drug-likeness (QED) is 0.631. The van der Waals surface area contributed by atoms with Crippen molar-refractivity contribution in [3.63, 3.8) is 0 Å². The Labute approximate surface area is 106 Å². The van der Waals surface area contributed by atoms with Gasteiger partial charge in [0.15, 0.2) is 0 Å². The smallest absolute Gasteiger partial charge is 0.00207 e. The molecule has 1 aromatic rings. The first-order valence-electron chi connectivity index (χ1n) is 6.91. The van der Waals surface area contributed by atoms with Crippen LogP contribution in [0.2, 0.25) is 0 Å². The van der Waals surface area contributed by atoms with Crippen LogP contribution in [0.3, 0.4) is 0 Å². The zero-order chi connectivity index (χ0) is 12.3. The largest absolute Gasteiger partial charge is 0.0781 e. The summed E-state index contributed by atoms with van der Waals surface area (Å²) < 4.78 is 0. The van der Waals surface area contributed by atoms with Crippen LogP contribution in [0.15, 0.2) is 35.9 Å². The van der Waals surface area contributed by atoms with Crippen molar-refractivity contribution in [2.45, 2.75) is 52.4 Å². The molecule has 1 unspecified atom stereocenters. The fourth-order valence-corrected chi connectivity index (χ4v) is 2.80. The van der Waals surface area contributed by atoms with E-state index in [0.717, 1.165) is 5.92 Å². The number of rotatable bonds is 3. The number of hydrogen-bond acceptors (Lipinski definition) is 0. The van der Waals surface area contributed by atoms with E-state index in [4.69, 9.17) is 0 Å². The molecule has 17 heavy (non-hydrogen) atoms. The molecule has 0 amide bonds. The average molecular weight is 228 g/mol. The van der Waals surface area contributed by atoms with E-state index in [-0.39, 0.29) is 0 Å². The van der Waals surface area contributed by atoms with Gasteiger partial charge in [-0.1, -0.05) is 49.8 Å². The molecule has 0 fully saturated rings. The summed E-state index contributed by atoms with van der Waals surface area (Å²) in [5.74, 6) is 1.41. The van der Waals surface area contributed by atoms with Crippen molar-refractivity contribution in [2.75, 3.05) is 0 Å².